The van der Waals surface area contributed by atoms with Crippen LogP contribution in [0.1, 0.15) is 24.2 Å². The van der Waals surface area contributed by atoms with E-state index in [-0.39, 0.29) is 17.8 Å². The second kappa shape index (κ2) is 11.5. The standard InChI is InChI=1S/C19H18Br2ClN3O4S/c1-10(2)29-15-5-3-11(7-13(15)21)18(27)23-19(30)25-24-17(26)9-28-16-6-4-12(20)8-14(16)22/h3-8,10H,9H2,1-2H3,(H,24,26)(H2,23,25,27,30). The topological polar surface area (TPSA) is 88.7 Å². The molecule has 0 saturated carbocycles. The molecule has 7 nitrogen and oxygen atoms in total. The van der Waals surface area contributed by atoms with Crippen molar-refractivity contribution >= 4 is 72.6 Å². The molecule has 30 heavy (non-hydrogen) atoms. The highest BCUT2D eigenvalue weighted by Gasteiger charge is 2.12. The molecule has 0 aromatic heterocycles. The molecule has 0 fully saturated rings. The Labute approximate surface area is 201 Å². The Morgan fingerprint density at radius 2 is 1.80 bits per heavy atom. The summed E-state index contributed by atoms with van der Waals surface area (Å²) in [5.74, 6) is 0.0294. The maximum Gasteiger partial charge on any atom is 0.276 e. The van der Waals surface area contributed by atoms with Crippen molar-refractivity contribution < 1.29 is 19.1 Å². The van der Waals surface area contributed by atoms with Gasteiger partial charge < -0.3 is 9.47 Å². The molecular formula is C19H18Br2ClN3O4S. The molecule has 0 aliphatic heterocycles. The molecule has 3 N–H and O–H groups in total. The van der Waals surface area contributed by atoms with Crippen LogP contribution in [0, 0.1) is 0 Å². The molecule has 11 heteroatoms. The molecule has 2 amide bonds. The molecule has 2 rings (SSSR count). The number of benzene rings is 2. The first-order valence-electron chi connectivity index (χ1n) is 8.60. The molecule has 0 radical (unpaired) electrons. The van der Waals surface area contributed by atoms with Gasteiger partial charge >= 0.3 is 0 Å². The van der Waals surface area contributed by atoms with Crippen molar-refractivity contribution in [2.75, 3.05) is 6.61 Å². The lowest BCUT2D eigenvalue weighted by Gasteiger charge is -2.14. The average Bonchev–Trinajstić information content (AvgIpc) is 2.66. The SMILES string of the molecule is CC(C)Oc1ccc(C(=O)NC(=S)NNC(=O)COc2ccc(Br)cc2Cl)cc1Br. The minimum Gasteiger partial charge on any atom is -0.490 e. The molecule has 0 atom stereocenters. The third-order valence-corrected chi connectivity index (χ3v) is 4.96. The van der Waals surface area contributed by atoms with Crippen LogP contribution in [0.25, 0.3) is 0 Å². The summed E-state index contributed by atoms with van der Waals surface area (Å²) < 4.78 is 12.4. The third kappa shape index (κ3) is 7.75. The zero-order chi connectivity index (χ0) is 22.3. The van der Waals surface area contributed by atoms with Crippen molar-refractivity contribution in [3.05, 3.63) is 55.9 Å². The normalized spacial score (nSPS) is 10.3. The van der Waals surface area contributed by atoms with Crippen LogP contribution in [0.2, 0.25) is 5.02 Å². The summed E-state index contributed by atoms with van der Waals surface area (Å²) in [6.07, 6.45) is 0.00475. The van der Waals surface area contributed by atoms with E-state index in [1.54, 1.807) is 36.4 Å². The molecule has 0 spiro atoms. The smallest absolute Gasteiger partial charge is 0.276 e. The highest BCUT2D eigenvalue weighted by molar-refractivity contribution is 9.10. The Hall–Kier alpha value is -1.88. The zero-order valence-corrected chi connectivity index (χ0v) is 20.7. The van der Waals surface area contributed by atoms with E-state index < -0.39 is 11.8 Å². The van der Waals surface area contributed by atoms with E-state index in [0.717, 1.165) is 4.47 Å². The highest BCUT2D eigenvalue weighted by atomic mass is 79.9. The summed E-state index contributed by atoms with van der Waals surface area (Å²) in [6, 6.07) is 9.92. The van der Waals surface area contributed by atoms with Gasteiger partial charge in [0, 0.05) is 10.0 Å². The van der Waals surface area contributed by atoms with Gasteiger partial charge in [-0.05, 0) is 78.4 Å². The fourth-order valence-electron chi connectivity index (χ4n) is 2.10. The number of halogens is 3. The molecule has 0 unspecified atom stereocenters. The van der Waals surface area contributed by atoms with Crippen molar-refractivity contribution in [2.24, 2.45) is 0 Å². The Kier molecular flexibility index (Phi) is 9.35. The number of nitrogens with one attached hydrogen (secondary N) is 3. The number of hydrogen-bond donors (Lipinski definition) is 3. The molecule has 0 aliphatic rings. The number of hydrazine groups is 1. The summed E-state index contributed by atoms with van der Waals surface area (Å²) >= 11 is 17.7. The molecule has 0 aliphatic carbocycles. The van der Waals surface area contributed by atoms with E-state index in [4.69, 9.17) is 33.3 Å². The van der Waals surface area contributed by atoms with Crippen LogP contribution in [0.4, 0.5) is 0 Å². The van der Waals surface area contributed by atoms with Crippen LogP contribution in [-0.4, -0.2) is 29.6 Å². The second-order valence-corrected chi connectivity index (χ2v) is 8.72. The van der Waals surface area contributed by atoms with Crippen LogP contribution >= 0.6 is 55.7 Å². The largest absolute Gasteiger partial charge is 0.490 e. The Morgan fingerprint density at radius 3 is 2.43 bits per heavy atom. The van der Waals surface area contributed by atoms with Gasteiger partial charge in [-0.15, -0.1) is 0 Å². The maximum absolute atomic E-state index is 12.3. The predicted octanol–water partition coefficient (Wildman–Crippen LogP) is 4.37. The molecule has 0 saturated heterocycles. The van der Waals surface area contributed by atoms with Crippen molar-refractivity contribution in [1.82, 2.24) is 16.2 Å². The first-order chi connectivity index (χ1) is 14.2. The predicted molar refractivity (Wildman–Crippen MR) is 126 cm³/mol. The maximum atomic E-state index is 12.3. The lowest BCUT2D eigenvalue weighted by atomic mass is 10.2. The van der Waals surface area contributed by atoms with Gasteiger partial charge in [-0.1, -0.05) is 27.5 Å². The highest BCUT2D eigenvalue weighted by Crippen LogP contribution is 2.28. The van der Waals surface area contributed by atoms with Crippen LogP contribution in [0.5, 0.6) is 11.5 Å². The van der Waals surface area contributed by atoms with Gasteiger partial charge in [0.15, 0.2) is 11.7 Å². The Bertz CT molecular complexity index is 959. The van der Waals surface area contributed by atoms with Crippen LogP contribution in [0.15, 0.2) is 45.3 Å². The fraction of sp³-hybridized carbons (Fsp3) is 0.211. The Balaban J connectivity index is 1.80. The molecule has 2 aromatic rings. The third-order valence-electron chi connectivity index (χ3n) is 3.35. The lowest BCUT2D eigenvalue weighted by molar-refractivity contribution is -0.123. The number of carbonyl (C=O) groups excluding carboxylic acids is 2. The van der Waals surface area contributed by atoms with E-state index in [2.05, 4.69) is 48.0 Å². The number of rotatable bonds is 6. The average molecular weight is 580 g/mol. The van der Waals surface area contributed by atoms with E-state index in [1.165, 1.54) is 0 Å². The van der Waals surface area contributed by atoms with Crippen molar-refractivity contribution in [2.45, 2.75) is 20.0 Å². The number of amides is 2. The van der Waals surface area contributed by atoms with E-state index >= 15 is 0 Å². The van der Waals surface area contributed by atoms with Gasteiger partial charge in [0.2, 0.25) is 0 Å². The quantitative estimate of drug-likeness (QED) is 0.348. The second-order valence-electron chi connectivity index (χ2n) is 6.13. The fourth-order valence-corrected chi connectivity index (χ4v) is 3.44. The molecular weight excluding hydrogens is 562 g/mol. The van der Waals surface area contributed by atoms with Crippen molar-refractivity contribution in [1.29, 1.82) is 0 Å². The van der Waals surface area contributed by atoms with Crippen molar-refractivity contribution in [3.63, 3.8) is 0 Å². The first-order valence-corrected chi connectivity index (χ1v) is 11.0. The summed E-state index contributed by atoms with van der Waals surface area (Å²) in [5.41, 5.74) is 5.13. The van der Waals surface area contributed by atoms with E-state index in [9.17, 15) is 9.59 Å². The minimum atomic E-state index is -0.511. The van der Waals surface area contributed by atoms with Crippen LogP contribution in [-0.2, 0) is 4.79 Å². The number of carbonyl (C=O) groups is 2. The number of thiocarbonyl (C=S) groups is 1. The monoisotopic (exact) mass is 577 g/mol. The van der Waals surface area contributed by atoms with Gasteiger partial charge in [0.25, 0.3) is 11.8 Å². The van der Waals surface area contributed by atoms with Gasteiger partial charge in [-0.3, -0.25) is 25.8 Å². The van der Waals surface area contributed by atoms with Gasteiger partial charge in [0.1, 0.15) is 11.5 Å². The summed E-state index contributed by atoms with van der Waals surface area (Å²) in [4.78, 5) is 24.2. The van der Waals surface area contributed by atoms with Crippen LogP contribution in [0.3, 0.4) is 0 Å². The van der Waals surface area contributed by atoms with E-state index in [1.807, 2.05) is 13.8 Å². The van der Waals surface area contributed by atoms with Gasteiger partial charge in [0.05, 0.1) is 15.6 Å². The van der Waals surface area contributed by atoms with Gasteiger partial charge in [-0.2, -0.15) is 0 Å². The van der Waals surface area contributed by atoms with Gasteiger partial charge in [-0.25, -0.2) is 0 Å². The zero-order valence-electron chi connectivity index (χ0n) is 15.9. The molecule has 0 bridgehead atoms. The molecule has 0 heterocycles. The van der Waals surface area contributed by atoms with E-state index in [0.29, 0.717) is 26.6 Å². The lowest BCUT2D eigenvalue weighted by Crippen LogP contribution is -2.49. The summed E-state index contributed by atoms with van der Waals surface area (Å²) in [7, 11) is 0. The van der Waals surface area contributed by atoms with Crippen molar-refractivity contribution in [3.8, 4) is 11.5 Å². The first kappa shape index (κ1) is 24.4. The summed E-state index contributed by atoms with van der Waals surface area (Å²) in [6.45, 7) is 3.52. The molecule has 2 aromatic carbocycles. The molecule has 160 valence electrons. The Morgan fingerprint density at radius 1 is 1.10 bits per heavy atom. The number of hydrogen-bond acceptors (Lipinski definition) is 5. The number of ether oxygens (including phenoxy) is 2. The minimum absolute atomic E-state index is 0.00475. The summed E-state index contributed by atoms with van der Waals surface area (Å²) in [5, 5.41) is 2.76. The van der Waals surface area contributed by atoms with Crippen LogP contribution < -0.4 is 25.6 Å².